The molecule has 1 saturated heterocycles. The van der Waals surface area contributed by atoms with Crippen molar-refractivity contribution in [2.45, 2.75) is 25.9 Å². The van der Waals surface area contributed by atoms with Crippen molar-refractivity contribution in [1.29, 1.82) is 0 Å². The lowest BCUT2D eigenvalue weighted by Gasteiger charge is -2.28. The third-order valence-electron chi connectivity index (χ3n) is 6.85. The van der Waals surface area contributed by atoms with Crippen LogP contribution < -0.4 is 15.5 Å². The molecule has 5 rings (SSSR count). The highest BCUT2D eigenvalue weighted by Gasteiger charge is 2.42. The predicted molar refractivity (Wildman–Crippen MR) is 162 cm³/mol. The average molecular weight is 597 g/mol. The molecule has 0 bridgehead atoms. The van der Waals surface area contributed by atoms with Gasteiger partial charge in [-0.2, -0.15) is 0 Å². The highest BCUT2D eigenvalue weighted by Crippen LogP contribution is 2.45. The molecule has 2 aromatic carbocycles. The second kappa shape index (κ2) is 11.5. The van der Waals surface area contributed by atoms with E-state index in [2.05, 4.69) is 21.7 Å². The highest BCUT2D eigenvalue weighted by molar-refractivity contribution is 7.80. The number of aromatic nitrogens is 2. The molecule has 0 unspecified atom stereocenters. The Morgan fingerprint density at radius 1 is 1.15 bits per heavy atom. The number of pyridine rings is 1. The van der Waals surface area contributed by atoms with Gasteiger partial charge in [0.2, 0.25) is 5.91 Å². The number of phenolic OH excluding ortho intramolecular Hbond substituents is 1. The number of thiocarbonyl (C=S) groups is 1. The normalized spacial score (nSPS) is 16.7. The Kier molecular flexibility index (Phi) is 8.00. The van der Waals surface area contributed by atoms with Crippen molar-refractivity contribution >= 4 is 57.8 Å². The standard InChI is InChI=1S/C29H27Cl2N5O3S/c1-16-12-20(17(2)35(16)24-13-18(30)7-10-25(24)37)28-27(23-6-4-5-11-32-23)34-29(40)36(28)19-8-9-22(21(31)14-19)33-26(38)15-39-3/h4-14,27-28,37H,15H2,1-3H3,(H,33,38)(H,34,40)/t27-,28-/m1/s1. The van der Waals surface area contributed by atoms with Crippen LogP contribution in [0.2, 0.25) is 10.0 Å². The first-order valence-corrected chi connectivity index (χ1v) is 13.6. The van der Waals surface area contributed by atoms with Crippen LogP contribution in [0.3, 0.4) is 0 Å². The van der Waals surface area contributed by atoms with Gasteiger partial charge in [0, 0.05) is 35.4 Å². The van der Waals surface area contributed by atoms with Crippen LogP contribution in [0.4, 0.5) is 11.4 Å². The van der Waals surface area contributed by atoms with Crippen LogP contribution in [0.25, 0.3) is 5.69 Å². The topological polar surface area (TPSA) is 91.7 Å². The number of carbonyl (C=O) groups is 1. The molecule has 11 heteroatoms. The number of benzene rings is 2. The summed E-state index contributed by atoms with van der Waals surface area (Å²) in [5, 5.41) is 18.3. The Bertz CT molecular complexity index is 1590. The Hall–Kier alpha value is -3.63. The van der Waals surface area contributed by atoms with Crippen molar-refractivity contribution in [3.8, 4) is 11.4 Å². The summed E-state index contributed by atoms with van der Waals surface area (Å²) in [5.41, 5.74) is 5.42. The largest absolute Gasteiger partial charge is 0.506 e. The van der Waals surface area contributed by atoms with Gasteiger partial charge in [0.05, 0.1) is 34.2 Å². The number of amides is 1. The fourth-order valence-corrected chi connectivity index (χ4v) is 5.89. The third-order valence-corrected chi connectivity index (χ3v) is 7.71. The number of aromatic hydroxyl groups is 1. The molecule has 1 fully saturated rings. The molecule has 1 aliphatic heterocycles. The quantitative estimate of drug-likeness (QED) is 0.217. The zero-order valence-corrected chi connectivity index (χ0v) is 24.3. The molecule has 1 aliphatic rings. The fourth-order valence-electron chi connectivity index (χ4n) is 5.16. The van der Waals surface area contributed by atoms with Crippen molar-refractivity contribution in [2.24, 2.45) is 0 Å². The summed E-state index contributed by atoms with van der Waals surface area (Å²) in [6, 6.07) is 17.6. The zero-order chi connectivity index (χ0) is 28.6. The third kappa shape index (κ3) is 5.25. The highest BCUT2D eigenvalue weighted by atomic mass is 35.5. The number of methoxy groups -OCH3 is 1. The first kappa shape index (κ1) is 27.9. The van der Waals surface area contributed by atoms with Crippen molar-refractivity contribution in [1.82, 2.24) is 14.9 Å². The predicted octanol–water partition coefficient (Wildman–Crippen LogP) is 6.26. The molecule has 0 saturated carbocycles. The molecule has 0 radical (unpaired) electrons. The summed E-state index contributed by atoms with van der Waals surface area (Å²) in [4.78, 5) is 18.7. The average Bonchev–Trinajstić information content (AvgIpc) is 3.42. The minimum atomic E-state index is -0.311. The lowest BCUT2D eigenvalue weighted by molar-refractivity contribution is -0.119. The van der Waals surface area contributed by atoms with Gasteiger partial charge >= 0.3 is 0 Å². The zero-order valence-electron chi connectivity index (χ0n) is 22.0. The molecule has 40 heavy (non-hydrogen) atoms. The number of hydrogen-bond acceptors (Lipinski definition) is 5. The Balaban J connectivity index is 1.63. The number of nitrogens with one attached hydrogen (secondary N) is 2. The molecule has 0 spiro atoms. The smallest absolute Gasteiger partial charge is 0.250 e. The van der Waals surface area contributed by atoms with Gasteiger partial charge < -0.3 is 29.9 Å². The number of aryl methyl sites for hydroxylation is 1. The maximum Gasteiger partial charge on any atom is 0.250 e. The Morgan fingerprint density at radius 3 is 2.65 bits per heavy atom. The lowest BCUT2D eigenvalue weighted by Crippen LogP contribution is -2.29. The summed E-state index contributed by atoms with van der Waals surface area (Å²) in [6.07, 6.45) is 1.75. The number of anilines is 2. The molecule has 2 aromatic heterocycles. The molecule has 4 aromatic rings. The van der Waals surface area contributed by atoms with Gasteiger partial charge in [-0.25, -0.2) is 0 Å². The molecule has 1 amide bonds. The van der Waals surface area contributed by atoms with E-state index in [0.29, 0.717) is 26.5 Å². The van der Waals surface area contributed by atoms with E-state index in [4.69, 9.17) is 40.2 Å². The van der Waals surface area contributed by atoms with Crippen molar-refractivity contribution in [3.63, 3.8) is 0 Å². The maximum atomic E-state index is 12.1. The van der Waals surface area contributed by atoms with Crippen LogP contribution in [-0.4, -0.2) is 39.4 Å². The number of hydrogen-bond donors (Lipinski definition) is 3. The van der Waals surface area contributed by atoms with Gasteiger partial charge in [0.25, 0.3) is 0 Å². The van der Waals surface area contributed by atoms with Gasteiger partial charge in [-0.15, -0.1) is 0 Å². The number of ether oxygens (including phenoxy) is 1. The molecule has 206 valence electrons. The summed E-state index contributed by atoms with van der Waals surface area (Å²) < 4.78 is 6.88. The molecule has 2 atom stereocenters. The second-order valence-corrected chi connectivity index (χ2v) is 10.7. The molecule has 0 aliphatic carbocycles. The lowest BCUT2D eigenvalue weighted by atomic mass is 9.96. The van der Waals surface area contributed by atoms with Crippen LogP contribution in [0.1, 0.15) is 34.7 Å². The van der Waals surface area contributed by atoms with E-state index in [0.717, 1.165) is 28.3 Å². The number of halogens is 2. The van der Waals surface area contributed by atoms with Crippen LogP contribution in [-0.2, 0) is 9.53 Å². The van der Waals surface area contributed by atoms with E-state index < -0.39 is 0 Å². The Morgan fingerprint density at radius 2 is 1.95 bits per heavy atom. The fraction of sp³-hybridized carbons (Fsp3) is 0.207. The maximum absolute atomic E-state index is 12.1. The second-order valence-electron chi connectivity index (χ2n) is 9.44. The van der Waals surface area contributed by atoms with Gasteiger partial charge in [0.1, 0.15) is 12.4 Å². The minimum Gasteiger partial charge on any atom is -0.506 e. The summed E-state index contributed by atoms with van der Waals surface area (Å²) in [5.74, 6) is -0.186. The minimum absolute atomic E-state index is 0.0795. The van der Waals surface area contributed by atoms with Crippen LogP contribution in [0.5, 0.6) is 5.75 Å². The first-order valence-electron chi connectivity index (χ1n) is 12.5. The van der Waals surface area contributed by atoms with Crippen LogP contribution in [0, 0.1) is 13.8 Å². The summed E-state index contributed by atoms with van der Waals surface area (Å²) in [7, 11) is 1.45. The van der Waals surface area contributed by atoms with Gasteiger partial charge in [-0.05, 0) is 86.2 Å². The van der Waals surface area contributed by atoms with E-state index in [1.54, 1.807) is 36.5 Å². The molecule has 3 N–H and O–H groups in total. The van der Waals surface area contributed by atoms with Crippen LogP contribution in [0.15, 0.2) is 66.9 Å². The molecular formula is C29H27Cl2N5O3S. The number of nitrogens with zero attached hydrogens (tertiary/aromatic N) is 3. The number of rotatable bonds is 7. The van der Waals surface area contributed by atoms with Gasteiger partial charge in [0.15, 0.2) is 5.11 Å². The van der Waals surface area contributed by atoms with E-state index in [1.165, 1.54) is 7.11 Å². The monoisotopic (exact) mass is 595 g/mol. The van der Waals surface area contributed by atoms with Crippen molar-refractivity contribution in [2.75, 3.05) is 23.9 Å². The number of phenols is 1. The number of carbonyl (C=O) groups excluding carboxylic acids is 1. The van der Waals surface area contributed by atoms with Crippen molar-refractivity contribution < 1.29 is 14.6 Å². The summed E-state index contributed by atoms with van der Waals surface area (Å²) >= 11 is 18.8. The van der Waals surface area contributed by atoms with Gasteiger partial charge in [-0.1, -0.05) is 29.3 Å². The van der Waals surface area contributed by atoms with Crippen molar-refractivity contribution in [3.05, 3.63) is 99.6 Å². The van der Waals surface area contributed by atoms with E-state index in [-0.39, 0.29) is 30.3 Å². The molecule has 3 heterocycles. The van der Waals surface area contributed by atoms with E-state index in [9.17, 15) is 9.90 Å². The first-order chi connectivity index (χ1) is 19.2. The SMILES string of the molecule is COCC(=O)Nc1ccc(N2C(=S)N[C@H](c3ccccn3)[C@H]2c2cc(C)n(-c3cc(Cl)ccc3O)c2C)cc1Cl. The summed E-state index contributed by atoms with van der Waals surface area (Å²) in [6.45, 7) is 3.90. The molecular weight excluding hydrogens is 569 g/mol. The van der Waals surface area contributed by atoms with Gasteiger partial charge in [-0.3, -0.25) is 9.78 Å². The molecule has 8 nitrogen and oxygen atoms in total. The van der Waals surface area contributed by atoms with E-state index in [1.807, 2.05) is 47.6 Å². The van der Waals surface area contributed by atoms with E-state index >= 15 is 0 Å². The van der Waals surface area contributed by atoms with Crippen LogP contribution >= 0.6 is 35.4 Å². The Labute approximate surface area is 247 Å².